The van der Waals surface area contributed by atoms with Gasteiger partial charge < -0.3 is 15.3 Å². The first-order chi connectivity index (χ1) is 12.6. The van der Waals surface area contributed by atoms with Crippen LogP contribution < -0.4 is 0 Å². The van der Waals surface area contributed by atoms with E-state index in [1.807, 2.05) is 18.2 Å². The third kappa shape index (κ3) is 10.1. The molecule has 1 aliphatic rings. The molecule has 0 heterocycles. The van der Waals surface area contributed by atoms with Crippen molar-refractivity contribution < 1.29 is 15.3 Å². The third-order valence-corrected chi connectivity index (χ3v) is 4.80. The molecule has 0 aromatic rings. The van der Waals surface area contributed by atoms with Crippen molar-refractivity contribution in [2.24, 2.45) is 0 Å². The lowest BCUT2D eigenvalue weighted by Gasteiger charge is -2.14. The molecule has 0 fully saturated rings. The molecule has 0 bridgehead atoms. The summed E-state index contributed by atoms with van der Waals surface area (Å²) in [7, 11) is 0. The third-order valence-electron chi connectivity index (χ3n) is 4.80. The van der Waals surface area contributed by atoms with Crippen molar-refractivity contribution in [3.63, 3.8) is 0 Å². The molecular weight excluding hydrogens is 324 g/mol. The SMILES string of the molecule is CCCCCC(O)C=CC1=CC(=CC=CC(O)C(O)CCCC)CCC1. The molecule has 1 aliphatic carbocycles. The summed E-state index contributed by atoms with van der Waals surface area (Å²) in [6.45, 7) is 4.24. The standard InChI is InChI=1S/C23H38O3/c1-3-5-7-13-21(24)17-16-20-11-8-10-19(18-20)12-9-15-23(26)22(25)14-6-4-2/h9,12,15-18,21-26H,3-8,10-11,13-14H2,1-2H3. The van der Waals surface area contributed by atoms with Gasteiger partial charge in [-0.25, -0.2) is 0 Å². The molecule has 3 heteroatoms. The van der Waals surface area contributed by atoms with Crippen molar-refractivity contribution in [2.75, 3.05) is 0 Å². The molecule has 0 saturated carbocycles. The van der Waals surface area contributed by atoms with Crippen LogP contribution in [0.2, 0.25) is 0 Å². The summed E-state index contributed by atoms with van der Waals surface area (Å²) in [5, 5.41) is 29.8. The molecule has 148 valence electrons. The highest BCUT2D eigenvalue weighted by Crippen LogP contribution is 2.23. The Hall–Kier alpha value is -1.16. The molecule has 3 N–H and O–H groups in total. The fraction of sp³-hybridized carbons (Fsp3) is 0.652. The van der Waals surface area contributed by atoms with Crippen molar-refractivity contribution in [2.45, 2.75) is 96.4 Å². The van der Waals surface area contributed by atoms with E-state index in [1.165, 1.54) is 24.0 Å². The molecule has 3 nitrogen and oxygen atoms in total. The number of aliphatic hydroxyl groups is 3. The summed E-state index contributed by atoms with van der Waals surface area (Å²) in [5.74, 6) is 0. The van der Waals surface area contributed by atoms with Crippen molar-refractivity contribution >= 4 is 0 Å². The van der Waals surface area contributed by atoms with E-state index in [-0.39, 0.29) is 6.10 Å². The van der Waals surface area contributed by atoms with Gasteiger partial charge >= 0.3 is 0 Å². The number of unbranched alkanes of at least 4 members (excludes halogenated alkanes) is 3. The Morgan fingerprint density at radius 2 is 1.73 bits per heavy atom. The van der Waals surface area contributed by atoms with Gasteiger partial charge in [0, 0.05) is 0 Å². The molecule has 26 heavy (non-hydrogen) atoms. The maximum atomic E-state index is 10.00. The van der Waals surface area contributed by atoms with Crippen molar-refractivity contribution in [1.82, 2.24) is 0 Å². The second kappa shape index (κ2) is 14.0. The maximum absolute atomic E-state index is 10.00. The zero-order valence-electron chi connectivity index (χ0n) is 16.6. The van der Waals surface area contributed by atoms with E-state index in [1.54, 1.807) is 6.08 Å². The zero-order valence-corrected chi connectivity index (χ0v) is 16.6. The molecule has 0 aromatic carbocycles. The van der Waals surface area contributed by atoms with Gasteiger partial charge in [-0.15, -0.1) is 0 Å². The highest BCUT2D eigenvalue weighted by Gasteiger charge is 2.11. The van der Waals surface area contributed by atoms with E-state index < -0.39 is 12.2 Å². The number of hydrogen-bond donors (Lipinski definition) is 3. The van der Waals surface area contributed by atoms with Crippen LogP contribution in [0.1, 0.15) is 78.1 Å². The van der Waals surface area contributed by atoms with E-state index in [4.69, 9.17) is 0 Å². The summed E-state index contributed by atoms with van der Waals surface area (Å²) >= 11 is 0. The molecule has 0 saturated heterocycles. The summed E-state index contributed by atoms with van der Waals surface area (Å²) < 4.78 is 0. The van der Waals surface area contributed by atoms with Gasteiger partial charge in [0.15, 0.2) is 0 Å². The van der Waals surface area contributed by atoms with Crippen LogP contribution in [0.5, 0.6) is 0 Å². The molecule has 0 radical (unpaired) electrons. The highest BCUT2D eigenvalue weighted by atomic mass is 16.3. The van der Waals surface area contributed by atoms with Crippen LogP contribution in [0.25, 0.3) is 0 Å². The number of allylic oxidation sites excluding steroid dienone is 6. The lowest BCUT2D eigenvalue weighted by molar-refractivity contribution is 0.0418. The van der Waals surface area contributed by atoms with E-state index in [2.05, 4.69) is 26.0 Å². The fourth-order valence-corrected chi connectivity index (χ4v) is 3.08. The van der Waals surface area contributed by atoms with Gasteiger partial charge in [-0.05, 0) is 43.3 Å². The number of hydrogen-bond acceptors (Lipinski definition) is 3. The number of aliphatic hydroxyl groups excluding tert-OH is 3. The van der Waals surface area contributed by atoms with Gasteiger partial charge in [0.25, 0.3) is 0 Å². The van der Waals surface area contributed by atoms with Crippen LogP contribution in [-0.4, -0.2) is 33.6 Å². The zero-order chi connectivity index (χ0) is 19.2. The Bertz CT molecular complexity index is 488. The minimum absolute atomic E-state index is 0.351. The molecule has 1 rings (SSSR count). The maximum Gasteiger partial charge on any atom is 0.0982 e. The number of rotatable bonds is 12. The van der Waals surface area contributed by atoms with Gasteiger partial charge in [0.05, 0.1) is 18.3 Å². The largest absolute Gasteiger partial charge is 0.390 e. The van der Waals surface area contributed by atoms with Crippen LogP contribution >= 0.6 is 0 Å². The van der Waals surface area contributed by atoms with Crippen molar-refractivity contribution in [3.05, 3.63) is 47.6 Å². The lowest BCUT2D eigenvalue weighted by atomic mass is 9.94. The summed E-state index contributed by atoms with van der Waals surface area (Å²) in [4.78, 5) is 0. The average Bonchev–Trinajstić information content (AvgIpc) is 2.65. The first-order valence-corrected chi connectivity index (χ1v) is 10.4. The van der Waals surface area contributed by atoms with Gasteiger partial charge in [-0.3, -0.25) is 0 Å². The van der Waals surface area contributed by atoms with Gasteiger partial charge in [0.2, 0.25) is 0 Å². The van der Waals surface area contributed by atoms with Gasteiger partial charge in [-0.1, -0.05) is 82.4 Å². The first-order valence-electron chi connectivity index (χ1n) is 10.4. The topological polar surface area (TPSA) is 60.7 Å². The Balaban J connectivity index is 2.52. The average molecular weight is 363 g/mol. The van der Waals surface area contributed by atoms with E-state index in [0.29, 0.717) is 6.42 Å². The van der Waals surface area contributed by atoms with Crippen LogP contribution in [0, 0.1) is 0 Å². The van der Waals surface area contributed by atoms with E-state index in [0.717, 1.165) is 44.9 Å². The minimum atomic E-state index is -0.802. The van der Waals surface area contributed by atoms with Crippen LogP contribution in [0.15, 0.2) is 47.6 Å². The normalized spacial score (nSPS) is 20.7. The van der Waals surface area contributed by atoms with Gasteiger partial charge in [-0.2, -0.15) is 0 Å². The lowest BCUT2D eigenvalue weighted by Crippen LogP contribution is -2.23. The molecule has 0 amide bonds. The Morgan fingerprint density at radius 3 is 2.46 bits per heavy atom. The summed E-state index contributed by atoms with van der Waals surface area (Å²) in [6.07, 6.45) is 19.8. The Kier molecular flexibility index (Phi) is 12.3. The summed E-state index contributed by atoms with van der Waals surface area (Å²) in [5.41, 5.74) is 2.47. The quantitative estimate of drug-likeness (QED) is 0.429. The fourth-order valence-electron chi connectivity index (χ4n) is 3.08. The molecule has 3 unspecified atom stereocenters. The monoisotopic (exact) mass is 362 g/mol. The van der Waals surface area contributed by atoms with E-state index >= 15 is 0 Å². The Morgan fingerprint density at radius 1 is 0.962 bits per heavy atom. The Labute approximate surface area is 159 Å². The van der Waals surface area contributed by atoms with Crippen LogP contribution in [-0.2, 0) is 0 Å². The molecule has 3 atom stereocenters. The van der Waals surface area contributed by atoms with Crippen molar-refractivity contribution in [3.8, 4) is 0 Å². The van der Waals surface area contributed by atoms with Crippen molar-refractivity contribution in [1.29, 1.82) is 0 Å². The van der Waals surface area contributed by atoms with Gasteiger partial charge in [0.1, 0.15) is 0 Å². The first kappa shape index (κ1) is 22.9. The molecule has 0 spiro atoms. The van der Waals surface area contributed by atoms with E-state index in [9.17, 15) is 15.3 Å². The minimum Gasteiger partial charge on any atom is -0.390 e. The highest BCUT2D eigenvalue weighted by molar-refractivity contribution is 5.35. The summed E-state index contributed by atoms with van der Waals surface area (Å²) in [6, 6.07) is 0. The molecular formula is C23H38O3. The molecule has 0 aromatic heterocycles. The van der Waals surface area contributed by atoms with Crippen LogP contribution in [0.3, 0.4) is 0 Å². The second-order valence-corrected chi connectivity index (χ2v) is 7.32. The molecule has 0 aliphatic heterocycles. The second-order valence-electron chi connectivity index (χ2n) is 7.32. The van der Waals surface area contributed by atoms with Crippen LogP contribution in [0.4, 0.5) is 0 Å². The predicted octanol–water partition coefficient (Wildman–Crippen LogP) is 4.99. The smallest absolute Gasteiger partial charge is 0.0982 e. The predicted molar refractivity (Wildman–Crippen MR) is 110 cm³/mol.